The van der Waals surface area contributed by atoms with Gasteiger partial charge in [-0.05, 0) is 22.8 Å². The van der Waals surface area contributed by atoms with Crippen LogP contribution in [0.15, 0.2) is 42.5 Å². The van der Waals surface area contributed by atoms with Crippen molar-refractivity contribution in [2.45, 2.75) is 6.42 Å². The van der Waals surface area contributed by atoms with E-state index in [1.165, 1.54) is 0 Å². The Morgan fingerprint density at radius 3 is 2.65 bits per heavy atom. The van der Waals surface area contributed by atoms with Gasteiger partial charge >= 0.3 is 5.97 Å². The lowest BCUT2D eigenvalue weighted by Crippen LogP contribution is -1.99. The number of H-pyrrole nitrogens is 1. The van der Waals surface area contributed by atoms with Gasteiger partial charge < -0.3 is 10.8 Å². The molecule has 100 valence electrons. The number of aliphatic carboxylic acids is 1. The van der Waals surface area contributed by atoms with Crippen LogP contribution in [0.2, 0.25) is 0 Å². The summed E-state index contributed by atoms with van der Waals surface area (Å²) < 4.78 is 0. The quantitative estimate of drug-likeness (QED) is 0.679. The van der Waals surface area contributed by atoms with Crippen LogP contribution in [0.4, 0.5) is 5.82 Å². The molecule has 5 heteroatoms. The number of hydrogen-bond donors (Lipinski definition) is 3. The van der Waals surface area contributed by atoms with Crippen molar-refractivity contribution in [1.82, 2.24) is 10.2 Å². The third-order valence-corrected chi connectivity index (χ3v) is 3.24. The van der Waals surface area contributed by atoms with Crippen molar-refractivity contribution in [2.24, 2.45) is 0 Å². The normalized spacial score (nSPS) is 10.8. The summed E-state index contributed by atoms with van der Waals surface area (Å²) in [7, 11) is 0. The lowest BCUT2D eigenvalue weighted by atomic mass is 9.99. The van der Waals surface area contributed by atoms with Crippen LogP contribution in [0.25, 0.3) is 22.0 Å². The van der Waals surface area contributed by atoms with Gasteiger partial charge in [0, 0.05) is 0 Å². The number of nitrogens with zero attached hydrogens (tertiary/aromatic N) is 1. The SMILES string of the molecule is Nc1n[nH]c2cccc(-c3ccc(CC(=O)O)cc3)c12. The van der Waals surface area contributed by atoms with Crippen molar-refractivity contribution in [1.29, 1.82) is 0 Å². The molecule has 0 aliphatic heterocycles. The number of carboxylic acid groups (broad SMARTS) is 1. The largest absolute Gasteiger partial charge is 0.481 e. The number of aromatic amines is 1. The Hall–Kier alpha value is -2.82. The van der Waals surface area contributed by atoms with Crippen molar-refractivity contribution in [2.75, 3.05) is 5.73 Å². The van der Waals surface area contributed by atoms with Crippen LogP contribution in [0.3, 0.4) is 0 Å². The van der Waals surface area contributed by atoms with Gasteiger partial charge in [0.2, 0.25) is 0 Å². The number of carbonyl (C=O) groups is 1. The highest BCUT2D eigenvalue weighted by Crippen LogP contribution is 2.31. The van der Waals surface area contributed by atoms with E-state index >= 15 is 0 Å². The van der Waals surface area contributed by atoms with Crippen molar-refractivity contribution >= 4 is 22.7 Å². The van der Waals surface area contributed by atoms with Crippen LogP contribution in [0.5, 0.6) is 0 Å². The van der Waals surface area contributed by atoms with E-state index in [4.69, 9.17) is 10.8 Å². The predicted octanol–water partition coefficient (Wildman–Crippen LogP) is 2.44. The first-order valence-corrected chi connectivity index (χ1v) is 6.19. The Bertz CT molecular complexity index is 775. The van der Waals surface area contributed by atoms with Crippen LogP contribution in [0.1, 0.15) is 5.56 Å². The van der Waals surface area contributed by atoms with Crippen LogP contribution < -0.4 is 5.73 Å². The topological polar surface area (TPSA) is 92.0 Å². The fourth-order valence-electron chi connectivity index (χ4n) is 2.32. The van der Waals surface area contributed by atoms with E-state index in [2.05, 4.69) is 10.2 Å². The zero-order valence-corrected chi connectivity index (χ0v) is 10.6. The van der Waals surface area contributed by atoms with E-state index in [9.17, 15) is 4.79 Å². The number of fused-ring (bicyclic) bond motifs is 1. The molecule has 4 N–H and O–H groups in total. The Labute approximate surface area is 115 Å². The summed E-state index contributed by atoms with van der Waals surface area (Å²) in [6, 6.07) is 13.3. The third kappa shape index (κ3) is 2.09. The van der Waals surface area contributed by atoms with Crippen LogP contribution >= 0.6 is 0 Å². The lowest BCUT2D eigenvalue weighted by molar-refractivity contribution is -0.136. The van der Waals surface area contributed by atoms with Crippen LogP contribution in [-0.4, -0.2) is 21.3 Å². The first-order chi connectivity index (χ1) is 9.65. The average Bonchev–Trinajstić information content (AvgIpc) is 2.81. The van der Waals surface area contributed by atoms with Gasteiger partial charge in [0.25, 0.3) is 0 Å². The van der Waals surface area contributed by atoms with E-state index < -0.39 is 5.97 Å². The molecule has 1 heterocycles. The third-order valence-electron chi connectivity index (χ3n) is 3.24. The molecular weight excluding hydrogens is 254 g/mol. The minimum Gasteiger partial charge on any atom is -0.481 e. The summed E-state index contributed by atoms with van der Waals surface area (Å²) in [5.74, 6) is -0.371. The maximum absolute atomic E-state index is 10.7. The standard InChI is InChI=1S/C15H13N3O2/c16-15-14-11(2-1-3-12(14)17-18-15)10-6-4-9(5-7-10)8-13(19)20/h1-7H,8H2,(H,19,20)(H3,16,17,18). The summed E-state index contributed by atoms with van der Waals surface area (Å²) in [6.07, 6.45) is 0.0261. The fourth-order valence-corrected chi connectivity index (χ4v) is 2.32. The number of carboxylic acids is 1. The second-order valence-corrected chi connectivity index (χ2v) is 4.60. The number of nitrogens with two attached hydrogens (primary N) is 1. The van der Waals surface area contributed by atoms with Crippen LogP contribution in [-0.2, 0) is 11.2 Å². The number of benzene rings is 2. The molecule has 0 aliphatic carbocycles. The first kappa shape index (κ1) is 12.2. The summed E-state index contributed by atoms with van der Waals surface area (Å²) in [4.78, 5) is 10.7. The molecule has 0 unspecified atom stereocenters. The summed E-state index contributed by atoms with van der Waals surface area (Å²) in [6.45, 7) is 0. The monoisotopic (exact) mass is 267 g/mol. The van der Waals surface area contributed by atoms with Gasteiger partial charge in [0.15, 0.2) is 5.82 Å². The second kappa shape index (κ2) is 4.70. The van der Waals surface area contributed by atoms with Crippen molar-refractivity contribution in [3.63, 3.8) is 0 Å². The Balaban J connectivity index is 2.07. The minimum atomic E-state index is -0.834. The van der Waals surface area contributed by atoms with E-state index in [0.717, 1.165) is 27.6 Å². The van der Waals surface area contributed by atoms with Gasteiger partial charge in [-0.2, -0.15) is 5.10 Å². The fraction of sp³-hybridized carbons (Fsp3) is 0.0667. The van der Waals surface area contributed by atoms with E-state index in [1.54, 1.807) is 0 Å². The molecule has 0 saturated carbocycles. The molecule has 0 saturated heterocycles. The van der Waals surface area contributed by atoms with Gasteiger partial charge in [-0.15, -0.1) is 0 Å². The Morgan fingerprint density at radius 1 is 1.20 bits per heavy atom. The molecule has 20 heavy (non-hydrogen) atoms. The zero-order chi connectivity index (χ0) is 14.1. The molecule has 1 aromatic heterocycles. The highest BCUT2D eigenvalue weighted by atomic mass is 16.4. The molecule has 0 radical (unpaired) electrons. The van der Waals surface area contributed by atoms with E-state index in [1.807, 2.05) is 42.5 Å². The van der Waals surface area contributed by atoms with Gasteiger partial charge in [-0.25, -0.2) is 0 Å². The van der Waals surface area contributed by atoms with E-state index in [0.29, 0.717) is 5.82 Å². The maximum Gasteiger partial charge on any atom is 0.307 e. The molecule has 0 fully saturated rings. The lowest BCUT2D eigenvalue weighted by Gasteiger charge is -2.05. The number of anilines is 1. The van der Waals surface area contributed by atoms with Crippen molar-refractivity contribution in [3.05, 3.63) is 48.0 Å². The van der Waals surface area contributed by atoms with Crippen molar-refractivity contribution in [3.8, 4) is 11.1 Å². The molecular formula is C15H13N3O2. The van der Waals surface area contributed by atoms with Gasteiger partial charge in [-0.3, -0.25) is 9.89 Å². The Kier molecular flexibility index (Phi) is 2.87. The summed E-state index contributed by atoms with van der Waals surface area (Å²) >= 11 is 0. The summed E-state index contributed by atoms with van der Waals surface area (Å²) in [5, 5.41) is 16.6. The number of nitrogens with one attached hydrogen (secondary N) is 1. The van der Waals surface area contributed by atoms with Gasteiger partial charge in [-0.1, -0.05) is 36.4 Å². The first-order valence-electron chi connectivity index (χ1n) is 6.19. The highest BCUT2D eigenvalue weighted by molar-refractivity contribution is 6.01. The average molecular weight is 267 g/mol. The zero-order valence-electron chi connectivity index (χ0n) is 10.6. The molecule has 0 aliphatic rings. The maximum atomic E-state index is 10.7. The summed E-state index contributed by atoms with van der Waals surface area (Å²) in [5.41, 5.74) is 9.51. The molecule has 0 atom stereocenters. The molecule has 3 rings (SSSR count). The molecule has 2 aromatic carbocycles. The molecule has 3 aromatic rings. The number of hydrogen-bond acceptors (Lipinski definition) is 3. The smallest absolute Gasteiger partial charge is 0.307 e. The highest BCUT2D eigenvalue weighted by Gasteiger charge is 2.09. The number of rotatable bonds is 3. The Morgan fingerprint density at radius 2 is 1.95 bits per heavy atom. The predicted molar refractivity (Wildman–Crippen MR) is 77.3 cm³/mol. The second-order valence-electron chi connectivity index (χ2n) is 4.60. The number of aromatic nitrogens is 2. The molecule has 5 nitrogen and oxygen atoms in total. The molecule has 0 bridgehead atoms. The van der Waals surface area contributed by atoms with Crippen molar-refractivity contribution < 1.29 is 9.90 Å². The van der Waals surface area contributed by atoms with Crippen LogP contribution in [0, 0.1) is 0 Å². The van der Waals surface area contributed by atoms with Gasteiger partial charge in [0.05, 0.1) is 17.3 Å². The minimum absolute atomic E-state index is 0.0261. The van der Waals surface area contributed by atoms with Gasteiger partial charge in [0.1, 0.15) is 0 Å². The molecule has 0 amide bonds. The number of nitrogen functional groups attached to an aromatic ring is 1. The van der Waals surface area contributed by atoms with E-state index in [-0.39, 0.29) is 6.42 Å². The molecule has 0 spiro atoms.